The first-order chi connectivity index (χ1) is 10.00. The second kappa shape index (κ2) is 6.78. The Balaban J connectivity index is 2.62. The molecule has 10 heteroatoms. The maximum absolute atomic E-state index is 12.3. The summed E-state index contributed by atoms with van der Waals surface area (Å²) in [6.45, 7) is -0.715. The number of esters is 1. The van der Waals surface area contributed by atoms with Crippen LogP contribution in [0, 0.1) is 0 Å². The molecular formula is C12H10F6O3S. The number of thioether (sulfide) groups is 1. The van der Waals surface area contributed by atoms with Crippen LogP contribution in [0.4, 0.5) is 26.3 Å². The van der Waals surface area contributed by atoms with Crippen LogP contribution in [0.15, 0.2) is 35.2 Å². The zero-order chi connectivity index (χ0) is 17.0. The Bertz CT molecular complexity index is 486. The summed E-state index contributed by atoms with van der Waals surface area (Å²) < 4.78 is 78.0. The van der Waals surface area contributed by atoms with E-state index in [0.29, 0.717) is 4.90 Å². The normalized spacial score (nSPS) is 13.0. The molecule has 3 nitrogen and oxygen atoms in total. The summed E-state index contributed by atoms with van der Waals surface area (Å²) in [5, 5.41) is 8.74. The van der Waals surface area contributed by atoms with Crippen LogP contribution in [0.3, 0.4) is 0 Å². The fraction of sp³-hybridized carbons (Fsp3) is 0.417. The molecule has 0 fully saturated rings. The van der Waals surface area contributed by atoms with Gasteiger partial charge in [0.25, 0.3) is 0 Å². The highest BCUT2D eigenvalue weighted by molar-refractivity contribution is 7.99. The van der Waals surface area contributed by atoms with Crippen LogP contribution in [0.5, 0.6) is 0 Å². The van der Waals surface area contributed by atoms with Gasteiger partial charge in [-0.25, -0.2) is 4.79 Å². The quantitative estimate of drug-likeness (QED) is 0.384. The number of aliphatic hydroxyl groups is 1. The van der Waals surface area contributed by atoms with E-state index in [1.165, 1.54) is 0 Å². The number of carbonyl (C=O) groups is 1. The average molecular weight is 348 g/mol. The minimum absolute atomic E-state index is 0.0679. The highest BCUT2D eigenvalue weighted by Gasteiger charge is 2.76. The monoisotopic (exact) mass is 348 g/mol. The number of alkyl halides is 6. The van der Waals surface area contributed by atoms with E-state index in [2.05, 4.69) is 4.74 Å². The van der Waals surface area contributed by atoms with Crippen molar-refractivity contribution in [2.24, 2.45) is 0 Å². The molecule has 0 bridgehead atoms. The van der Waals surface area contributed by atoms with Crippen molar-refractivity contribution >= 4 is 17.7 Å². The van der Waals surface area contributed by atoms with E-state index in [9.17, 15) is 31.1 Å². The molecule has 0 aliphatic carbocycles. The number of ether oxygens (including phenoxy) is 1. The molecule has 0 spiro atoms. The largest absolute Gasteiger partial charge is 0.462 e. The third kappa shape index (κ3) is 4.07. The Hall–Kier alpha value is -1.42. The van der Waals surface area contributed by atoms with E-state index < -0.39 is 30.5 Å². The summed E-state index contributed by atoms with van der Waals surface area (Å²) in [4.78, 5) is 11.7. The van der Waals surface area contributed by atoms with Crippen LogP contribution < -0.4 is 0 Å². The lowest BCUT2D eigenvalue weighted by molar-refractivity contribution is -0.356. The Morgan fingerprint density at radius 3 is 2.00 bits per heavy atom. The molecule has 0 heterocycles. The fourth-order valence-electron chi connectivity index (χ4n) is 1.31. The maximum Gasteiger partial charge on any atom is 0.437 e. The zero-order valence-electron chi connectivity index (χ0n) is 10.7. The Kier molecular flexibility index (Phi) is 5.74. The topological polar surface area (TPSA) is 46.5 Å². The second-order valence-electron chi connectivity index (χ2n) is 4.00. The van der Waals surface area contributed by atoms with Gasteiger partial charge in [-0.05, 0) is 12.1 Å². The van der Waals surface area contributed by atoms with Crippen molar-refractivity contribution in [3.8, 4) is 0 Å². The lowest BCUT2D eigenvalue weighted by atomic mass is 10.0. The minimum Gasteiger partial charge on any atom is -0.462 e. The molecule has 22 heavy (non-hydrogen) atoms. The highest BCUT2D eigenvalue weighted by atomic mass is 32.2. The van der Waals surface area contributed by atoms with Gasteiger partial charge in [0, 0.05) is 10.6 Å². The first kappa shape index (κ1) is 18.6. The van der Waals surface area contributed by atoms with Gasteiger partial charge >= 0.3 is 23.9 Å². The van der Waals surface area contributed by atoms with Crippen LogP contribution in [0.25, 0.3) is 0 Å². The molecule has 1 aromatic rings. The summed E-state index contributed by atoms with van der Waals surface area (Å²) in [7, 11) is 0. The van der Waals surface area contributed by atoms with Gasteiger partial charge in [0.2, 0.25) is 0 Å². The SMILES string of the molecule is O=C(OCCSc1ccccc1)C(O)(C(F)(F)F)C(F)(F)F. The molecule has 1 rings (SSSR count). The third-order valence-corrected chi connectivity index (χ3v) is 3.42. The van der Waals surface area contributed by atoms with Crippen LogP contribution in [0.1, 0.15) is 0 Å². The molecular weight excluding hydrogens is 338 g/mol. The van der Waals surface area contributed by atoms with Crippen molar-refractivity contribution in [3.05, 3.63) is 30.3 Å². The van der Waals surface area contributed by atoms with E-state index in [0.717, 1.165) is 11.8 Å². The van der Waals surface area contributed by atoms with Crippen molar-refractivity contribution in [2.45, 2.75) is 22.8 Å². The molecule has 0 amide bonds. The number of benzene rings is 1. The summed E-state index contributed by atoms with van der Waals surface area (Å²) in [6.07, 6.45) is -12.5. The molecule has 0 aliphatic rings. The van der Waals surface area contributed by atoms with Crippen molar-refractivity contribution in [1.29, 1.82) is 0 Å². The number of carbonyl (C=O) groups excluding carboxylic acids is 1. The maximum atomic E-state index is 12.3. The van der Waals surface area contributed by atoms with Crippen molar-refractivity contribution < 1.29 is 41.0 Å². The third-order valence-electron chi connectivity index (χ3n) is 2.44. The van der Waals surface area contributed by atoms with Crippen LogP contribution >= 0.6 is 11.8 Å². The number of halogens is 6. The average Bonchev–Trinajstić information content (AvgIpc) is 2.41. The number of hydrogen-bond acceptors (Lipinski definition) is 4. The van der Waals surface area contributed by atoms with E-state index in [4.69, 9.17) is 5.11 Å². The van der Waals surface area contributed by atoms with Gasteiger partial charge in [-0.3, -0.25) is 0 Å². The van der Waals surface area contributed by atoms with Crippen LogP contribution in [0.2, 0.25) is 0 Å². The van der Waals surface area contributed by atoms with Gasteiger partial charge in [0.1, 0.15) is 6.61 Å². The van der Waals surface area contributed by atoms with Gasteiger partial charge in [-0.1, -0.05) is 18.2 Å². The molecule has 0 aromatic heterocycles. The molecule has 0 unspecified atom stereocenters. The summed E-state index contributed by atoms with van der Waals surface area (Å²) >= 11 is 1.07. The molecule has 124 valence electrons. The smallest absolute Gasteiger partial charge is 0.437 e. The summed E-state index contributed by atoms with van der Waals surface area (Å²) in [5.74, 6) is -2.86. The first-order valence-electron chi connectivity index (χ1n) is 5.71. The molecule has 0 saturated heterocycles. The van der Waals surface area contributed by atoms with Crippen molar-refractivity contribution in [2.75, 3.05) is 12.4 Å². The van der Waals surface area contributed by atoms with Gasteiger partial charge in [0.15, 0.2) is 0 Å². The van der Waals surface area contributed by atoms with Gasteiger partial charge in [-0.15, -0.1) is 11.8 Å². The lowest BCUT2D eigenvalue weighted by Gasteiger charge is -2.29. The minimum atomic E-state index is -6.23. The van der Waals surface area contributed by atoms with Crippen molar-refractivity contribution in [1.82, 2.24) is 0 Å². The van der Waals surface area contributed by atoms with Crippen molar-refractivity contribution in [3.63, 3.8) is 0 Å². The van der Waals surface area contributed by atoms with E-state index in [1.807, 2.05) is 0 Å². The van der Waals surface area contributed by atoms with E-state index >= 15 is 0 Å². The highest BCUT2D eigenvalue weighted by Crippen LogP contribution is 2.43. The predicted octanol–water partition coefficient (Wildman–Crippen LogP) is 3.18. The predicted molar refractivity (Wildman–Crippen MR) is 65.2 cm³/mol. The molecule has 1 aromatic carbocycles. The second-order valence-corrected chi connectivity index (χ2v) is 5.17. The summed E-state index contributed by atoms with van der Waals surface area (Å²) in [5.41, 5.74) is -5.53. The van der Waals surface area contributed by atoms with Gasteiger partial charge < -0.3 is 9.84 Å². The Morgan fingerprint density at radius 2 is 1.55 bits per heavy atom. The van der Waals surface area contributed by atoms with E-state index in [1.54, 1.807) is 30.3 Å². The lowest BCUT2D eigenvalue weighted by Crippen LogP contribution is -2.63. The van der Waals surface area contributed by atoms with Gasteiger partial charge in [-0.2, -0.15) is 26.3 Å². The number of hydrogen-bond donors (Lipinski definition) is 1. The van der Waals surface area contributed by atoms with Gasteiger partial charge in [0.05, 0.1) is 0 Å². The van der Waals surface area contributed by atoms with E-state index in [-0.39, 0.29) is 5.75 Å². The van der Waals surface area contributed by atoms with Crippen LogP contribution in [-0.2, 0) is 9.53 Å². The molecule has 0 radical (unpaired) electrons. The molecule has 0 aliphatic heterocycles. The molecule has 1 N–H and O–H groups in total. The summed E-state index contributed by atoms with van der Waals surface area (Å²) in [6, 6.07) is 8.40. The fourth-order valence-corrected chi connectivity index (χ4v) is 2.06. The molecule has 0 atom stereocenters. The first-order valence-corrected chi connectivity index (χ1v) is 6.69. The Labute approximate surface area is 125 Å². The Morgan fingerprint density at radius 1 is 1.05 bits per heavy atom. The standard InChI is InChI=1S/C12H10F6O3S/c13-11(14,15)10(20,12(16,17)18)9(19)21-6-7-22-8-4-2-1-3-5-8/h1-5,20H,6-7H2. The van der Waals surface area contributed by atoms with Crippen LogP contribution in [-0.4, -0.2) is 41.4 Å². The molecule has 0 saturated carbocycles. The number of rotatable bonds is 5. The zero-order valence-corrected chi connectivity index (χ0v) is 11.6.